The summed E-state index contributed by atoms with van der Waals surface area (Å²) in [5.41, 5.74) is 5.16. The number of nitrogens with zero attached hydrogens (tertiary/aromatic N) is 1. The highest BCUT2D eigenvalue weighted by atomic mass is 79.9. The number of rotatable bonds is 5. The normalized spacial score (nSPS) is 10.9. The van der Waals surface area contributed by atoms with Crippen LogP contribution in [0.1, 0.15) is 16.7 Å². The summed E-state index contributed by atoms with van der Waals surface area (Å²) in [7, 11) is 0. The third-order valence-corrected chi connectivity index (χ3v) is 4.96. The van der Waals surface area contributed by atoms with Gasteiger partial charge in [0.15, 0.2) is 6.61 Å². The quantitative estimate of drug-likeness (QED) is 0.426. The average molecular weight is 535 g/mol. The van der Waals surface area contributed by atoms with E-state index in [-0.39, 0.29) is 18.3 Å². The molecule has 0 saturated heterocycles. The fourth-order valence-corrected chi connectivity index (χ4v) is 4.10. The smallest absolute Gasteiger partial charge is 0.277 e. The van der Waals surface area contributed by atoms with Crippen LogP contribution in [0.4, 0.5) is 0 Å². The molecule has 8 heteroatoms. The van der Waals surface area contributed by atoms with Crippen molar-refractivity contribution in [3.63, 3.8) is 0 Å². The van der Waals surface area contributed by atoms with Crippen molar-refractivity contribution in [2.75, 3.05) is 6.61 Å². The molecular formula is C17H15Br3N2O3. The Bertz CT molecular complexity index is 792. The number of phenols is 1. The number of amides is 1. The van der Waals surface area contributed by atoms with Crippen LogP contribution in [-0.2, 0) is 4.79 Å². The molecule has 0 aliphatic heterocycles. The number of nitrogens with one attached hydrogen (secondary N) is 1. The molecule has 0 atom stereocenters. The number of carbonyl (C=O) groups excluding carboxylic acids is 1. The highest BCUT2D eigenvalue weighted by molar-refractivity contribution is 9.11. The third-order valence-electron chi connectivity index (χ3n) is 3.16. The van der Waals surface area contributed by atoms with Crippen LogP contribution >= 0.6 is 47.8 Å². The van der Waals surface area contributed by atoms with Gasteiger partial charge in [-0.3, -0.25) is 4.79 Å². The van der Waals surface area contributed by atoms with E-state index in [1.807, 2.05) is 26.0 Å². The number of hydrogen-bond acceptors (Lipinski definition) is 4. The first-order valence-corrected chi connectivity index (χ1v) is 9.55. The zero-order valence-corrected chi connectivity index (χ0v) is 18.2. The van der Waals surface area contributed by atoms with Crippen molar-refractivity contribution in [1.29, 1.82) is 0 Å². The molecule has 132 valence electrons. The summed E-state index contributed by atoms with van der Waals surface area (Å²) in [5, 5.41) is 13.5. The summed E-state index contributed by atoms with van der Waals surface area (Å²) < 4.78 is 7.42. The fourth-order valence-electron chi connectivity index (χ4n) is 2.09. The van der Waals surface area contributed by atoms with E-state index in [1.54, 1.807) is 12.1 Å². The van der Waals surface area contributed by atoms with Crippen LogP contribution in [0.25, 0.3) is 0 Å². The topological polar surface area (TPSA) is 70.9 Å². The Morgan fingerprint density at radius 3 is 2.40 bits per heavy atom. The zero-order valence-electron chi connectivity index (χ0n) is 13.4. The second-order valence-corrected chi connectivity index (χ2v) is 7.87. The molecule has 0 aliphatic rings. The molecule has 5 nitrogen and oxygen atoms in total. The summed E-state index contributed by atoms with van der Waals surface area (Å²) in [5.74, 6) is 0.366. The molecule has 2 aromatic carbocycles. The molecule has 0 spiro atoms. The Balaban J connectivity index is 1.93. The number of phenolic OH excluding ortho intramolecular Hbond substituents is 1. The molecule has 2 aromatic rings. The van der Waals surface area contributed by atoms with Gasteiger partial charge in [-0.15, -0.1) is 0 Å². The number of benzene rings is 2. The summed E-state index contributed by atoms with van der Waals surface area (Å²) in [6, 6.07) is 7.27. The van der Waals surface area contributed by atoms with Crippen LogP contribution in [0, 0.1) is 13.8 Å². The number of aromatic hydroxyl groups is 1. The van der Waals surface area contributed by atoms with E-state index in [4.69, 9.17) is 4.74 Å². The third kappa shape index (κ3) is 5.55. The lowest BCUT2D eigenvalue weighted by Gasteiger charge is -2.11. The summed E-state index contributed by atoms with van der Waals surface area (Å²) in [4.78, 5) is 11.9. The number of hydrogen-bond donors (Lipinski definition) is 2. The summed E-state index contributed by atoms with van der Waals surface area (Å²) in [6.07, 6.45) is 1.47. The first-order chi connectivity index (χ1) is 11.8. The number of aryl methyl sites for hydroxylation is 2. The average Bonchev–Trinajstić information content (AvgIpc) is 2.51. The lowest BCUT2D eigenvalue weighted by atomic mass is 10.1. The van der Waals surface area contributed by atoms with Crippen LogP contribution in [0.2, 0.25) is 0 Å². The second-order valence-electron chi connectivity index (χ2n) is 5.31. The highest BCUT2D eigenvalue weighted by Gasteiger charge is 2.09. The van der Waals surface area contributed by atoms with Gasteiger partial charge in [-0.25, -0.2) is 5.43 Å². The molecule has 0 aromatic heterocycles. The van der Waals surface area contributed by atoms with Crippen molar-refractivity contribution >= 4 is 59.9 Å². The van der Waals surface area contributed by atoms with E-state index in [0.29, 0.717) is 20.3 Å². The van der Waals surface area contributed by atoms with Crippen molar-refractivity contribution in [3.8, 4) is 11.5 Å². The van der Waals surface area contributed by atoms with Crippen molar-refractivity contribution in [1.82, 2.24) is 5.43 Å². The van der Waals surface area contributed by atoms with Crippen LogP contribution < -0.4 is 10.2 Å². The minimum atomic E-state index is -0.375. The van der Waals surface area contributed by atoms with E-state index < -0.39 is 0 Å². The molecule has 0 unspecified atom stereocenters. The highest BCUT2D eigenvalue weighted by Crippen LogP contribution is 2.33. The number of carbonyl (C=O) groups is 1. The lowest BCUT2D eigenvalue weighted by molar-refractivity contribution is -0.123. The van der Waals surface area contributed by atoms with Gasteiger partial charge in [0.05, 0.1) is 19.6 Å². The predicted octanol–water partition coefficient (Wildman–Crippen LogP) is 4.83. The van der Waals surface area contributed by atoms with Crippen molar-refractivity contribution in [2.45, 2.75) is 13.8 Å². The van der Waals surface area contributed by atoms with Gasteiger partial charge in [0.1, 0.15) is 11.5 Å². The molecule has 2 rings (SSSR count). The van der Waals surface area contributed by atoms with E-state index in [2.05, 4.69) is 58.3 Å². The lowest BCUT2D eigenvalue weighted by Crippen LogP contribution is -2.24. The van der Waals surface area contributed by atoms with E-state index in [1.165, 1.54) is 6.21 Å². The second kappa shape index (κ2) is 8.82. The van der Waals surface area contributed by atoms with Gasteiger partial charge >= 0.3 is 0 Å². The van der Waals surface area contributed by atoms with E-state index in [0.717, 1.165) is 15.6 Å². The largest absolute Gasteiger partial charge is 0.506 e. The Morgan fingerprint density at radius 1 is 1.16 bits per heavy atom. The predicted molar refractivity (Wildman–Crippen MR) is 108 cm³/mol. The maximum Gasteiger partial charge on any atom is 0.277 e. The summed E-state index contributed by atoms with van der Waals surface area (Å²) in [6.45, 7) is 3.76. The van der Waals surface area contributed by atoms with Gasteiger partial charge in [0.2, 0.25) is 0 Å². The van der Waals surface area contributed by atoms with Crippen molar-refractivity contribution in [2.24, 2.45) is 5.10 Å². The molecule has 0 fully saturated rings. The van der Waals surface area contributed by atoms with Gasteiger partial charge in [0, 0.05) is 0 Å². The number of hydrazone groups is 1. The van der Waals surface area contributed by atoms with Crippen LogP contribution in [0.15, 0.2) is 42.8 Å². The molecule has 0 aliphatic carbocycles. The molecular weight excluding hydrogens is 520 g/mol. The first kappa shape index (κ1) is 19.9. The number of halogens is 3. The fraction of sp³-hybridized carbons (Fsp3) is 0.176. The first-order valence-electron chi connectivity index (χ1n) is 7.17. The van der Waals surface area contributed by atoms with E-state index in [9.17, 15) is 9.90 Å². The molecule has 1 amide bonds. The molecule has 25 heavy (non-hydrogen) atoms. The van der Waals surface area contributed by atoms with Crippen LogP contribution in [0.3, 0.4) is 0 Å². The minimum Gasteiger partial charge on any atom is -0.506 e. The van der Waals surface area contributed by atoms with Gasteiger partial charge in [-0.2, -0.15) is 5.10 Å². The summed E-state index contributed by atoms with van der Waals surface area (Å²) >= 11 is 9.90. The number of ether oxygens (including phenoxy) is 1. The monoisotopic (exact) mass is 532 g/mol. The Hall–Kier alpha value is -1.38. The molecule has 2 N–H and O–H groups in total. The van der Waals surface area contributed by atoms with E-state index >= 15 is 0 Å². The van der Waals surface area contributed by atoms with Gasteiger partial charge in [-0.1, -0.05) is 6.07 Å². The SMILES string of the molecule is Cc1cc(C)c(OCC(=O)N/N=C/c2cc(Br)c(O)c(Br)c2)c(Br)c1. The van der Waals surface area contributed by atoms with Crippen LogP contribution in [-0.4, -0.2) is 23.8 Å². The van der Waals surface area contributed by atoms with Gasteiger partial charge in [0.25, 0.3) is 5.91 Å². The molecule has 0 radical (unpaired) electrons. The van der Waals surface area contributed by atoms with Gasteiger partial charge < -0.3 is 9.84 Å². The molecule has 0 heterocycles. The van der Waals surface area contributed by atoms with Crippen molar-refractivity contribution < 1.29 is 14.6 Å². The maximum absolute atomic E-state index is 11.9. The molecule has 0 bridgehead atoms. The Morgan fingerprint density at radius 2 is 1.80 bits per heavy atom. The Labute approximate surface area is 170 Å². The Kier molecular flexibility index (Phi) is 7.04. The standard InChI is InChI=1S/C17H15Br3N2O3/c1-9-3-10(2)17(14(20)4-9)25-8-15(23)22-21-7-11-5-12(18)16(24)13(19)6-11/h3-7,24H,8H2,1-2H3,(H,22,23)/b21-7+. The zero-order chi connectivity index (χ0) is 18.6. The van der Waals surface area contributed by atoms with Crippen LogP contribution in [0.5, 0.6) is 11.5 Å². The van der Waals surface area contributed by atoms with Gasteiger partial charge in [-0.05, 0) is 96.5 Å². The van der Waals surface area contributed by atoms with Crippen molar-refractivity contribution in [3.05, 3.63) is 54.4 Å². The molecule has 0 saturated carbocycles. The minimum absolute atomic E-state index is 0.105. The maximum atomic E-state index is 11.9.